The number of nitrogens with one attached hydrogen (secondary N) is 1. The highest BCUT2D eigenvalue weighted by Gasteiger charge is 2.43. The first-order valence-electron chi connectivity index (χ1n) is 9.26. The molecule has 3 fully saturated rings. The summed E-state index contributed by atoms with van der Waals surface area (Å²) in [5, 5.41) is 7.46. The molecule has 4 rings (SSSR count). The highest BCUT2D eigenvalue weighted by atomic mass is 16.5. The molecule has 0 saturated heterocycles. The lowest BCUT2D eigenvalue weighted by atomic mass is 9.80. The summed E-state index contributed by atoms with van der Waals surface area (Å²) in [6.07, 6.45) is 11.3. The minimum absolute atomic E-state index is 0.187. The molecule has 1 aromatic rings. The van der Waals surface area contributed by atoms with Crippen LogP contribution in [0.4, 0.5) is 0 Å². The Labute approximate surface area is 137 Å². The van der Waals surface area contributed by atoms with Gasteiger partial charge >= 0.3 is 0 Å². The van der Waals surface area contributed by atoms with Crippen LogP contribution in [-0.2, 0) is 10.3 Å². The van der Waals surface area contributed by atoms with Crippen LogP contribution in [0.25, 0.3) is 0 Å². The molecule has 23 heavy (non-hydrogen) atoms. The zero-order valence-corrected chi connectivity index (χ0v) is 14.0. The van der Waals surface area contributed by atoms with E-state index in [2.05, 4.69) is 15.5 Å². The highest BCUT2D eigenvalue weighted by Crippen LogP contribution is 2.49. The van der Waals surface area contributed by atoms with Crippen molar-refractivity contribution in [2.45, 2.75) is 76.7 Å². The van der Waals surface area contributed by atoms with Crippen LogP contribution in [0.2, 0.25) is 0 Å². The van der Waals surface area contributed by atoms with Crippen LogP contribution in [0.5, 0.6) is 0 Å². The molecule has 3 saturated carbocycles. The number of aromatic nitrogens is 2. The molecule has 0 aromatic carbocycles. The van der Waals surface area contributed by atoms with Crippen molar-refractivity contribution >= 4 is 5.91 Å². The number of hydrogen-bond acceptors (Lipinski definition) is 4. The van der Waals surface area contributed by atoms with Gasteiger partial charge in [-0.1, -0.05) is 30.8 Å². The number of rotatable bonds is 4. The fraction of sp³-hybridized carbons (Fsp3) is 0.833. The Morgan fingerprint density at radius 1 is 1.26 bits per heavy atom. The van der Waals surface area contributed by atoms with E-state index in [0.29, 0.717) is 24.1 Å². The minimum Gasteiger partial charge on any atom is -0.343 e. The molecule has 0 spiro atoms. The third-order valence-corrected chi connectivity index (χ3v) is 6.37. The van der Waals surface area contributed by atoms with Crippen molar-refractivity contribution in [3.05, 3.63) is 11.7 Å². The van der Waals surface area contributed by atoms with Gasteiger partial charge in [-0.05, 0) is 49.9 Å². The molecule has 1 amide bonds. The number of carbonyl (C=O) groups excluding carboxylic acids is 1. The van der Waals surface area contributed by atoms with E-state index in [4.69, 9.17) is 4.52 Å². The number of carbonyl (C=O) groups is 1. The topological polar surface area (TPSA) is 68.0 Å². The van der Waals surface area contributed by atoms with Crippen molar-refractivity contribution in [1.29, 1.82) is 0 Å². The van der Waals surface area contributed by atoms with Gasteiger partial charge in [-0.3, -0.25) is 4.79 Å². The summed E-state index contributed by atoms with van der Waals surface area (Å²) < 4.78 is 5.19. The summed E-state index contributed by atoms with van der Waals surface area (Å²) in [4.78, 5) is 17.2. The second-order valence-corrected chi connectivity index (χ2v) is 7.97. The molecule has 1 aromatic heterocycles. The molecule has 3 aliphatic rings. The smallest absolute Gasteiger partial charge is 0.223 e. The van der Waals surface area contributed by atoms with Crippen molar-refractivity contribution in [1.82, 2.24) is 15.5 Å². The van der Waals surface area contributed by atoms with Gasteiger partial charge in [0, 0.05) is 13.3 Å². The third kappa shape index (κ3) is 2.90. The van der Waals surface area contributed by atoms with E-state index in [0.717, 1.165) is 37.5 Å². The van der Waals surface area contributed by atoms with Crippen molar-refractivity contribution in [2.75, 3.05) is 0 Å². The Bertz CT molecular complexity index is 577. The van der Waals surface area contributed by atoms with Crippen molar-refractivity contribution in [3.8, 4) is 0 Å². The average Bonchev–Trinajstić information content (AvgIpc) is 3.24. The Balaban J connectivity index is 1.46. The van der Waals surface area contributed by atoms with E-state index in [1.54, 1.807) is 0 Å². The van der Waals surface area contributed by atoms with Crippen molar-refractivity contribution in [2.24, 2.45) is 17.8 Å². The number of fused-ring (bicyclic) bond motifs is 2. The summed E-state index contributed by atoms with van der Waals surface area (Å²) in [5.74, 6) is 3.72. The molecular weight excluding hydrogens is 290 g/mol. The minimum atomic E-state index is -0.398. The zero-order chi connectivity index (χ0) is 15.9. The monoisotopic (exact) mass is 317 g/mol. The van der Waals surface area contributed by atoms with Gasteiger partial charge in [-0.2, -0.15) is 4.98 Å². The second kappa shape index (κ2) is 5.91. The van der Waals surface area contributed by atoms with Crippen molar-refractivity contribution in [3.63, 3.8) is 0 Å². The van der Waals surface area contributed by atoms with Crippen LogP contribution in [0, 0.1) is 24.7 Å². The Morgan fingerprint density at radius 2 is 2.09 bits per heavy atom. The van der Waals surface area contributed by atoms with Gasteiger partial charge in [-0.15, -0.1) is 0 Å². The molecule has 0 radical (unpaired) electrons. The lowest BCUT2D eigenvalue weighted by molar-refractivity contribution is -0.125. The van der Waals surface area contributed by atoms with Gasteiger partial charge in [0.25, 0.3) is 0 Å². The Kier molecular flexibility index (Phi) is 3.90. The van der Waals surface area contributed by atoms with Gasteiger partial charge < -0.3 is 9.84 Å². The van der Waals surface area contributed by atoms with E-state index >= 15 is 0 Å². The van der Waals surface area contributed by atoms with Crippen molar-refractivity contribution < 1.29 is 9.32 Å². The summed E-state index contributed by atoms with van der Waals surface area (Å²) in [5.41, 5.74) is -0.398. The summed E-state index contributed by atoms with van der Waals surface area (Å²) in [6, 6.07) is 0. The maximum absolute atomic E-state index is 12.7. The standard InChI is InChI=1S/C18H27N3O2/c1-12-19-17(21-23-12)18(7-3-2-4-8-18)20-16(22)11-15-10-13-5-6-14(15)9-13/h13-15H,2-11H2,1H3,(H,20,22). The molecule has 3 unspecified atom stereocenters. The molecule has 0 aliphatic heterocycles. The summed E-state index contributed by atoms with van der Waals surface area (Å²) in [6.45, 7) is 1.81. The quantitative estimate of drug-likeness (QED) is 0.923. The first-order valence-corrected chi connectivity index (χ1v) is 9.26. The molecule has 1 N–H and O–H groups in total. The fourth-order valence-electron chi connectivity index (χ4n) is 5.24. The molecule has 1 heterocycles. The zero-order valence-electron chi connectivity index (χ0n) is 14.0. The average molecular weight is 317 g/mol. The Hall–Kier alpha value is -1.39. The molecular formula is C18H27N3O2. The van der Waals surface area contributed by atoms with E-state index in [1.807, 2.05) is 6.92 Å². The van der Waals surface area contributed by atoms with E-state index in [1.165, 1.54) is 32.1 Å². The first kappa shape index (κ1) is 15.2. The number of aryl methyl sites for hydroxylation is 1. The highest BCUT2D eigenvalue weighted by molar-refractivity contribution is 5.77. The molecule has 5 nitrogen and oxygen atoms in total. The molecule has 2 bridgehead atoms. The van der Waals surface area contributed by atoms with Gasteiger partial charge in [0.15, 0.2) is 5.82 Å². The predicted molar refractivity (Wildman–Crippen MR) is 85.5 cm³/mol. The van der Waals surface area contributed by atoms with Crippen LogP contribution in [-0.4, -0.2) is 16.0 Å². The SMILES string of the molecule is Cc1nc(C2(NC(=O)CC3CC4CCC3C4)CCCCC2)no1. The second-order valence-electron chi connectivity index (χ2n) is 7.97. The van der Waals surface area contributed by atoms with Crippen LogP contribution >= 0.6 is 0 Å². The summed E-state index contributed by atoms with van der Waals surface area (Å²) >= 11 is 0. The number of hydrogen-bond donors (Lipinski definition) is 1. The predicted octanol–water partition coefficient (Wildman–Crippen LogP) is 3.48. The lowest BCUT2D eigenvalue weighted by Gasteiger charge is -2.36. The molecule has 126 valence electrons. The van der Waals surface area contributed by atoms with E-state index in [-0.39, 0.29) is 5.91 Å². The fourth-order valence-corrected chi connectivity index (χ4v) is 5.24. The van der Waals surface area contributed by atoms with Crippen LogP contribution in [0.3, 0.4) is 0 Å². The first-order chi connectivity index (χ1) is 11.1. The largest absolute Gasteiger partial charge is 0.343 e. The normalized spacial score (nSPS) is 32.1. The van der Waals surface area contributed by atoms with E-state index in [9.17, 15) is 4.79 Å². The lowest BCUT2D eigenvalue weighted by Crippen LogP contribution is -2.48. The molecule has 5 heteroatoms. The van der Waals surface area contributed by atoms with Gasteiger partial charge in [0.1, 0.15) is 5.54 Å². The number of nitrogens with zero attached hydrogens (tertiary/aromatic N) is 2. The third-order valence-electron chi connectivity index (χ3n) is 6.37. The maximum Gasteiger partial charge on any atom is 0.223 e. The van der Waals surface area contributed by atoms with Gasteiger partial charge in [-0.25, -0.2) is 0 Å². The van der Waals surface area contributed by atoms with Gasteiger partial charge in [0.2, 0.25) is 11.8 Å². The molecule has 3 aliphatic carbocycles. The Morgan fingerprint density at radius 3 is 2.70 bits per heavy atom. The van der Waals surface area contributed by atoms with Crippen LogP contribution in [0.15, 0.2) is 4.52 Å². The number of amides is 1. The summed E-state index contributed by atoms with van der Waals surface area (Å²) in [7, 11) is 0. The van der Waals surface area contributed by atoms with E-state index < -0.39 is 5.54 Å². The molecule has 3 atom stereocenters. The maximum atomic E-state index is 12.7. The van der Waals surface area contributed by atoms with Crippen LogP contribution in [0.1, 0.15) is 75.9 Å². The van der Waals surface area contributed by atoms with Crippen LogP contribution < -0.4 is 5.32 Å². The van der Waals surface area contributed by atoms with Gasteiger partial charge in [0.05, 0.1) is 0 Å².